The van der Waals surface area contributed by atoms with Crippen LogP contribution in [0, 0.1) is 0 Å². The van der Waals surface area contributed by atoms with Gasteiger partial charge >= 0.3 is 6.18 Å². The highest BCUT2D eigenvalue weighted by Crippen LogP contribution is 2.41. The van der Waals surface area contributed by atoms with Gasteiger partial charge in [0.2, 0.25) is 0 Å². The molecule has 2 aromatic carbocycles. The third kappa shape index (κ3) is 2.42. The summed E-state index contributed by atoms with van der Waals surface area (Å²) in [6.45, 7) is 3.79. The highest BCUT2D eigenvalue weighted by Gasteiger charge is 2.48. The topological polar surface area (TPSA) is 17.1 Å². The second-order valence-electron chi connectivity index (χ2n) is 5.46. The average molecular weight is 280 g/mol. The lowest BCUT2D eigenvalue weighted by atomic mass is 9.83. The molecule has 2 aromatic rings. The summed E-state index contributed by atoms with van der Waals surface area (Å²) < 4.78 is 39.1. The van der Waals surface area contributed by atoms with Crippen molar-refractivity contribution in [1.29, 1.82) is 0 Å². The van der Waals surface area contributed by atoms with E-state index in [9.17, 15) is 18.0 Å². The summed E-state index contributed by atoms with van der Waals surface area (Å²) in [6.07, 6.45) is -4.31. The molecule has 0 N–H and O–H groups in total. The Morgan fingerprint density at radius 1 is 0.950 bits per heavy atom. The Balaban J connectivity index is 2.56. The zero-order valence-corrected chi connectivity index (χ0v) is 11.5. The maximum absolute atomic E-state index is 13.0. The molecule has 1 nitrogen and oxygen atoms in total. The van der Waals surface area contributed by atoms with Crippen molar-refractivity contribution in [2.24, 2.45) is 0 Å². The van der Waals surface area contributed by atoms with Gasteiger partial charge in [-0.3, -0.25) is 4.79 Å². The zero-order valence-electron chi connectivity index (χ0n) is 11.5. The highest BCUT2D eigenvalue weighted by atomic mass is 19.4. The number of fused-ring (bicyclic) bond motifs is 1. The van der Waals surface area contributed by atoms with Crippen LogP contribution >= 0.6 is 0 Å². The molecule has 0 unspecified atom stereocenters. The van der Waals surface area contributed by atoms with E-state index in [0.717, 1.165) is 19.2 Å². The molecule has 0 saturated heterocycles. The molecule has 2 rings (SSSR count). The van der Waals surface area contributed by atoms with Gasteiger partial charge in [-0.25, -0.2) is 0 Å². The molecule has 0 aliphatic rings. The molecule has 106 valence electrons. The zero-order chi connectivity index (χ0) is 15.1. The Morgan fingerprint density at radius 2 is 1.50 bits per heavy atom. The number of benzene rings is 2. The van der Waals surface area contributed by atoms with Crippen LogP contribution in [0.25, 0.3) is 10.8 Å². The van der Waals surface area contributed by atoms with E-state index in [0.29, 0.717) is 10.9 Å². The van der Waals surface area contributed by atoms with E-state index in [1.54, 1.807) is 24.3 Å². The van der Waals surface area contributed by atoms with Gasteiger partial charge in [0.15, 0.2) is 5.78 Å². The van der Waals surface area contributed by atoms with Crippen molar-refractivity contribution >= 4 is 16.6 Å². The molecule has 0 saturated carbocycles. The van der Waals surface area contributed by atoms with E-state index < -0.39 is 11.6 Å². The summed E-state index contributed by atoms with van der Waals surface area (Å²) in [6, 6.07) is 9.65. The van der Waals surface area contributed by atoms with Crippen LogP contribution in [0.5, 0.6) is 0 Å². The number of ketones is 1. The lowest BCUT2D eigenvalue weighted by Crippen LogP contribution is -2.36. The van der Waals surface area contributed by atoms with E-state index >= 15 is 0 Å². The van der Waals surface area contributed by atoms with Crippen molar-refractivity contribution < 1.29 is 18.0 Å². The molecule has 0 spiro atoms. The van der Waals surface area contributed by atoms with E-state index in [-0.39, 0.29) is 11.3 Å². The van der Waals surface area contributed by atoms with Gasteiger partial charge in [-0.1, -0.05) is 30.3 Å². The van der Waals surface area contributed by atoms with Crippen molar-refractivity contribution in [2.45, 2.75) is 32.4 Å². The SMILES string of the molecule is CC(=O)c1ccc2cc(C(C)(C)C(F)(F)F)ccc2c1. The fraction of sp³-hybridized carbons (Fsp3) is 0.312. The van der Waals surface area contributed by atoms with Gasteiger partial charge in [0.1, 0.15) is 0 Å². The van der Waals surface area contributed by atoms with Gasteiger partial charge in [0.05, 0.1) is 5.41 Å². The molecule has 0 amide bonds. The monoisotopic (exact) mass is 280 g/mol. The molecule has 0 aliphatic carbocycles. The quantitative estimate of drug-likeness (QED) is 0.716. The fourth-order valence-corrected chi connectivity index (χ4v) is 2.02. The van der Waals surface area contributed by atoms with Crippen LogP contribution in [-0.4, -0.2) is 12.0 Å². The second kappa shape index (κ2) is 4.62. The van der Waals surface area contributed by atoms with Crippen molar-refractivity contribution in [3.63, 3.8) is 0 Å². The molecule has 0 bridgehead atoms. The van der Waals surface area contributed by atoms with E-state index in [1.807, 2.05) is 0 Å². The standard InChI is InChI=1S/C16H15F3O/c1-10(20)11-4-5-13-9-14(7-6-12(13)8-11)15(2,3)16(17,18)19/h4-9H,1-3H3. The Hall–Kier alpha value is -1.84. The lowest BCUT2D eigenvalue weighted by molar-refractivity contribution is -0.180. The maximum Gasteiger partial charge on any atom is 0.397 e. The van der Waals surface area contributed by atoms with Gasteiger partial charge in [-0.2, -0.15) is 13.2 Å². The van der Waals surface area contributed by atoms with E-state index in [2.05, 4.69) is 0 Å². The van der Waals surface area contributed by atoms with Crippen LogP contribution in [-0.2, 0) is 5.41 Å². The number of rotatable bonds is 2. The van der Waals surface area contributed by atoms with Gasteiger partial charge in [0.25, 0.3) is 0 Å². The summed E-state index contributed by atoms with van der Waals surface area (Å²) in [5.74, 6) is -0.0633. The second-order valence-corrected chi connectivity index (χ2v) is 5.46. The van der Waals surface area contributed by atoms with Gasteiger partial charge in [-0.15, -0.1) is 0 Å². The molecule has 0 aromatic heterocycles. The third-order valence-corrected chi connectivity index (χ3v) is 3.68. The first kappa shape index (κ1) is 14.6. The first-order valence-electron chi connectivity index (χ1n) is 6.25. The van der Waals surface area contributed by atoms with Gasteiger partial charge < -0.3 is 0 Å². The van der Waals surface area contributed by atoms with Crippen LogP contribution in [0.2, 0.25) is 0 Å². The minimum atomic E-state index is -4.31. The molecular weight excluding hydrogens is 265 g/mol. The smallest absolute Gasteiger partial charge is 0.295 e. The normalized spacial score (nSPS) is 12.7. The summed E-state index contributed by atoms with van der Waals surface area (Å²) in [7, 11) is 0. The first-order valence-corrected chi connectivity index (χ1v) is 6.25. The summed E-state index contributed by atoms with van der Waals surface area (Å²) in [5, 5.41) is 1.46. The van der Waals surface area contributed by atoms with Gasteiger partial charge in [-0.05, 0) is 43.2 Å². The Labute approximate surface area is 115 Å². The Morgan fingerprint density at radius 3 is 2.05 bits per heavy atom. The Kier molecular flexibility index (Phi) is 3.36. The molecular formula is C16H15F3O. The molecule has 0 aliphatic heterocycles. The summed E-state index contributed by atoms with van der Waals surface area (Å²) >= 11 is 0. The van der Waals surface area contributed by atoms with Crippen LogP contribution < -0.4 is 0 Å². The van der Waals surface area contributed by atoms with Crippen molar-refractivity contribution in [3.8, 4) is 0 Å². The van der Waals surface area contributed by atoms with Crippen molar-refractivity contribution in [2.75, 3.05) is 0 Å². The highest BCUT2D eigenvalue weighted by molar-refractivity contribution is 5.98. The van der Waals surface area contributed by atoms with Crippen LogP contribution in [0.4, 0.5) is 13.2 Å². The molecule has 20 heavy (non-hydrogen) atoms. The minimum absolute atomic E-state index is 0.0633. The van der Waals surface area contributed by atoms with Crippen LogP contribution in [0.3, 0.4) is 0 Å². The molecule has 0 heterocycles. The number of halogens is 3. The van der Waals surface area contributed by atoms with Crippen molar-refractivity contribution in [1.82, 2.24) is 0 Å². The number of Topliss-reactive ketones (excluding diaryl/α,β-unsaturated/α-hetero) is 1. The molecule has 4 heteroatoms. The summed E-state index contributed by atoms with van der Waals surface area (Å²) in [4.78, 5) is 11.3. The number of hydrogen-bond donors (Lipinski definition) is 0. The Bertz CT molecular complexity index is 669. The molecule has 0 atom stereocenters. The predicted molar refractivity (Wildman–Crippen MR) is 73.0 cm³/mol. The average Bonchev–Trinajstić information content (AvgIpc) is 2.36. The number of carbonyl (C=O) groups excluding carboxylic acids is 1. The largest absolute Gasteiger partial charge is 0.397 e. The molecule has 0 fully saturated rings. The van der Waals surface area contributed by atoms with Crippen LogP contribution in [0.1, 0.15) is 36.7 Å². The van der Waals surface area contributed by atoms with Crippen LogP contribution in [0.15, 0.2) is 36.4 Å². The lowest BCUT2D eigenvalue weighted by Gasteiger charge is -2.28. The third-order valence-electron chi connectivity index (χ3n) is 3.68. The maximum atomic E-state index is 13.0. The van der Waals surface area contributed by atoms with Gasteiger partial charge in [0, 0.05) is 5.56 Å². The summed E-state index contributed by atoms with van der Waals surface area (Å²) in [5.41, 5.74) is -1.13. The first-order chi connectivity index (χ1) is 9.13. The predicted octanol–water partition coefficient (Wildman–Crippen LogP) is 4.88. The minimum Gasteiger partial charge on any atom is -0.295 e. The number of hydrogen-bond acceptors (Lipinski definition) is 1. The molecule has 0 radical (unpaired) electrons. The number of alkyl halides is 3. The fourth-order valence-electron chi connectivity index (χ4n) is 2.02. The van der Waals surface area contributed by atoms with Crippen molar-refractivity contribution in [3.05, 3.63) is 47.5 Å². The van der Waals surface area contributed by atoms with E-state index in [1.165, 1.54) is 19.1 Å². The van der Waals surface area contributed by atoms with E-state index in [4.69, 9.17) is 0 Å². The number of carbonyl (C=O) groups is 1.